The predicted octanol–water partition coefficient (Wildman–Crippen LogP) is 2.16. The Morgan fingerprint density at radius 1 is 1.12 bits per heavy atom. The highest BCUT2D eigenvalue weighted by Crippen LogP contribution is 2.28. The molecular formula is C13H21NO2. The zero-order valence-electron chi connectivity index (χ0n) is 10.6. The maximum Gasteiger partial charge on any atom is 0.122 e. The monoisotopic (exact) mass is 223 g/mol. The number of likely N-dealkylation sites (N-methyl/N-ethyl adjacent to an activating group) is 1. The maximum atomic E-state index is 5.37. The van der Waals surface area contributed by atoms with Gasteiger partial charge in [-0.25, -0.2) is 0 Å². The molecule has 0 aliphatic rings. The molecule has 0 aliphatic heterocycles. The highest BCUT2D eigenvalue weighted by molar-refractivity contribution is 5.46. The van der Waals surface area contributed by atoms with Gasteiger partial charge in [0.2, 0.25) is 0 Å². The summed E-state index contributed by atoms with van der Waals surface area (Å²) >= 11 is 0. The summed E-state index contributed by atoms with van der Waals surface area (Å²) in [5.74, 6) is 1.86. The Bertz CT molecular complexity index is 337. The molecule has 0 spiro atoms. The first-order valence-corrected chi connectivity index (χ1v) is 5.65. The number of hydrogen-bond donors (Lipinski definition) is 1. The molecule has 1 N–H and O–H groups in total. The SMILES string of the molecule is CCNCCc1cc(OC)c(C)cc1OC. The van der Waals surface area contributed by atoms with Crippen LogP contribution in [0.4, 0.5) is 0 Å². The zero-order chi connectivity index (χ0) is 12.0. The van der Waals surface area contributed by atoms with Crippen LogP contribution in [0.15, 0.2) is 12.1 Å². The smallest absolute Gasteiger partial charge is 0.122 e. The van der Waals surface area contributed by atoms with Crippen LogP contribution in [0.2, 0.25) is 0 Å². The van der Waals surface area contributed by atoms with E-state index >= 15 is 0 Å². The van der Waals surface area contributed by atoms with Gasteiger partial charge in [-0.1, -0.05) is 6.92 Å². The minimum absolute atomic E-state index is 0.923. The van der Waals surface area contributed by atoms with Crippen molar-refractivity contribution in [3.63, 3.8) is 0 Å². The number of hydrogen-bond acceptors (Lipinski definition) is 3. The Morgan fingerprint density at radius 3 is 2.38 bits per heavy atom. The lowest BCUT2D eigenvalue weighted by molar-refractivity contribution is 0.396. The third-order valence-electron chi connectivity index (χ3n) is 2.62. The summed E-state index contributed by atoms with van der Waals surface area (Å²) in [6, 6.07) is 4.09. The number of rotatable bonds is 6. The maximum absolute atomic E-state index is 5.37. The topological polar surface area (TPSA) is 30.5 Å². The normalized spacial score (nSPS) is 10.2. The Hall–Kier alpha value is -1.22. The van der Waals surface area contributed by atoms with Crippen molar-refractivity contribution >= 4 is 0 Å². The molecule has 0 aliphatic carbocycles. The third-order valence-corrected chi connectivity index (χ3v) is 2.62. The minimum Gasteiger partial charge on any atom is -0.496 e. The Labute approximate surface area is 97.8 Å². The highest BCUT2D eigenvalue weighted by Gasteiger charge is 2.07. The van der Waals surface area contributed by atoms with Gasteiger partial charge in [0.25, 0.3) is 0 Å². The molecule has 0 fully saturated rings. The second-order valence-electron chi connectivity index (χ2n) is 3.74. The molecule has 0 unspecified atom stereocenters. The molecule has 90 valence electrons. The van der Waals surface area contributed by atoms with Gasteiger partial charge in [0.05, 0.1) is 14.2 Å². The molecule has 3 nitrogen and oxygen atoms in total. The standard InChI is InChI=1S/C13H21NO2/c1-5-14-7-6-11-9-12(15-3)10(2)8-13(11)16-4/h8-9,14H,5-7H2,1-4H3. The summed E-state index contributed by atoms with van der Waals surface area (Å²) in [5.41, 5.74) is 2.29. The first kappa shape index (κ1) is 12.8. The van der Waals surface area contributed by atoms with E-state index in [0.717, 1.165) is 36.6 Å². The van der Waals surface area contributed by atoms with Crippen LogP contribution in [-0.4, -0.2) is 27.3 Å². The van der Waals surface area contributed by atoms with Crippen molar-refractivity contribution in [3.8, 4) is 11.5 Å². The van der Waals surface area contributed by atoms with Gasteiger partial charge in [-0.3, -0.25) is 0 Å². The summed E-state index contributed by atoms with van der Waals surface area (Å²) in [5, 5.41) is 3.30. The molecule has 0 bridgehead atoms. The van der Waals surface area contributed by atoms with E-state index in [-0.39, 0.29) is 0 Å². The zero-order valence-corrected chi connectivity index (χ0v) is 10.6. The molecule has 0 heterocycles. The lowest BCUT2D eigenvalue weighted by Crippen LogP contribution is -2.16. The lowest BCUT2D eigenvalue weighted by atomic mass is 10.1. The number of nitrogens with one attached hydrogen (secondary N) is 1. The van der Waals surface area contributed by atoms with E-state index in [1.165, 1.54) is 5.56 Å². The van der Waals surface area contributed by atoms with Crippen LogP contribution in [0.3, 0.4) is 0 Å². The Balaban J connectivity index is 2.86. The van der Waals surface area contributed by atoms with E-state index in [1.807, 2.05) is 13.0 Å². The molecule has 0 amide bonds. The Morgan fingerprint density at radius 2 is 1.81 bits per heavy atom. The minimum atomic E-state index is 0.923. The van der Waals surface area contributed by atoms with E-state index in [2.05, 4.69) is 18.3 Å². The van der Waals surface area contributed by atoms with E-state index in [0.29, 0.717) is 0 Å². The summed E-state index contributed by atoms with van der Waals surface area (Å²) < 4.78 is 10.7. The fraction of sp³-hybridized carbons (Fsp3) is 0.538. The van der Waals surface area contributed by atoms with Crippen molar-refractivity contribution in [2.45, 2.75) is 20.3 Å². The van der Waals surface area contributed by atoms with Gasteiger partial charge in [-0.2, -0.15) is 0 Å². The van der Waals surface area contributed by atoms with E-state index in [4.69, 9.17) is 9.47 Å². The fourth-order valence-corrected chi connectivity index (χ4v) is 1.71. The van der Waals surface area contributed by atoms with Crippen LogP contribution in [0, 0.1) is 6.92 Å². The molecule has 1 aromatic carbocycles. The number of ether oxygens (including phenoxy) is 2. The van der Waals surface area contributed by atoms with Crippen molar-refractivity contribution in [1.29, 1.82) is 0 Å². The quantitative estimate of drug-likeness (QED) is 0.750. The van der Waals surface area contributed by atoms with Crippen molar-refractivity contribution in [2.75, 3.05) is 27.3 Å². The largest absolute Gasteiger partial charge is 0.496 e. The third kappa shape index (κ3) is 3.14. The molecule has 3 heteroatoms. The van der Waals surface area contributed by atoms with Crippen molar-refractivity contribution in [3.05, 3.63) is 23.3 Å². The molecule has 0 radical (unpaired) electrons. The number of aryl methyl sites for hydroxylation is 1. The van der Waals surface area contributed by atoms with Gasteiger partial charge >= 0.3 is 0 Å². The molecule has 0 saturated carbocycles. The molecule has 1 rings (SSSR count). The molecule has 0 saturated heterocycles. The van der Waals surface area contributed by atoms with Gasteiger partial charge in [0.15, 0.2) is 0 Å². The average Bonchev–Trinajstić information content (AvgIpc) is 2.30. The van der Waals surface area contributed by atoms with Gasteiger partial charge < -0.3 is 14.8 Å². The molecule has 0 atom stereocenters. The first-order chi connectivity index (χ1) is 7.72. The van der Waals surface area contributed by atoms with Crippen LogP contribution in [0.1, 0.15) is 18.1 Å². The predicted molar refractivity (Wildman–Crippen MR) is 66.5 cm³/mol. The van der Waals surface area contributed by atoms with Gasteiger partial charge in [-0.15, -0.1) is 0 Å². The van der Waals surface area contributed by atoms with E-state index < -0.39 is 0 Å². The first-order valence-electron chi connectivity index (χ1n) is 5.65. The summed E-state index contributed by atoms with van der Waals surface area (Å²) in [6.07, 6.45) is 0.952. The summed E-state index contributed by atoms with van der Waals surface area (Å²) in [6.45, 7) is 6.08. The van der Waals surface area contributed by atoms with Crippen LogP contribution in [0.5, 0.6) is 11.5 Å². The summed E-state index contributed by atoms with van der Waals surface area (Å²) in [7, 11) is 3.40. The number of benzene rings is 1. The van der Waals surface area contributed by atoms with Gasteiger partial charge in [0, 0.05) is 0 Å². The van der Waals surface area contributed by atoms with Crippen molar-refractivity contribution in [2.24, 2.45) is 0 Å². The Kier molecular flexibility index (Phi) is 5.12. The van der Waals surface area contributed by atoms with Crippen molar-refractivity contribution < 1.29 is 9.47 Å². The average molecular weight is 223 g/mol. The fourth-order valence-electron chi connectivity index (χ4n) is 1.71. The second kappa shape index (κ2) is 6.38. The van der Waals surface area contributed by atoms with Gasteiger partial charge in [-0.05, 0) is 49.7 Å². The summed E-state index contributed by atoms with van der Waals surface area (Å²) in [4.78, 5) is 0. The van der Waals surface area contributed by atoms with Gasteiger partial charge in [0.1, 0.15) is 11.5 Å². The molecule has 0 aromatic heterocycles. The van der Waals surface area contributed by atoms with E-state index in [1.54, 1.807) is 14.2 Å². The van der Waals surface area contributed by atoms with Crippen LogP contribution < -0.4 is 14.8 Å². The van der Waals surface area contributed by atoms with Crippen LogP contribution in [0.25, 0.3) is 0 Å². The number of methoxy groups -OCH3 is 2. The van der Waals surface area contributed by atoms with Crippen LogP contribution >= 0.6 is 0 Å². The van der Waals surface area contributed by atoms with Crippen molar-refractivity contribution in [1.82, 2.24) is 5.32 Å². The van der Waals surface area contributed by atoms with E-state index in [9.17, 15) is 0 Å². The van der Waals surface area contributed by atoms with Crippen LogP contribution in [-0.2, 0) is 6.42 Å². The second-order valence-corrected chi connectivity index (χ2v) is 3.74. The molecule has 16 heavy (non-hydrogen) atoms. The highest BCUT2D eigenvalue weighted by atomic mass is 16.5. The molecular weight excluding hydrogens is 202 g/mol. The lowest BCUT2D eigenvalue weighted by Gasteiger charge is -2.13. The molecule has 1 aromatic rings.